The molecule has 1 aliphatic carbocycles. The van der Waals surface area contributed by atoms with E-state index in [1.165, 1.54) is 13.5 Å². The highest BCUT2D eigenvalue weighted by Gasteiger charge is 2.53. The molecule has 2 aromatic rings. The number of likely N-dealkylation sites (tertiary alicyclic amines) is 2. The van der Waals surface area contributed by atoms with Gasteiger partial charge in [0.2, 0.25) is 0 Å². The molecule has 3 heterocycles. The minimum atomic E-state index is -1.96. The summed E-state index contributed by atoms with van der Waals surface area (Å²) < 4.78 is 40.6. The van der Waals surface area contributed by atoms with Gasteiger partial charge in [0.15, 0.2) is 11.1 Å². The molecule has 1 amide bonds. The van der Waals surface area contributed by atoms with Crippen molar-refractivity contribution in [3.63, 3.8) is 0 Å². The van der Waals surface area contributed by atoms with Gasteiger partial charge in [-0.1, -0.05) is 25.5 Å². The van der Waals surface area contributed by atoms with E-state index in [0.717, 1.165) is 95.7 Å². The molecule has 0 spiro atoms. The number of amides is 1. The highest BCUT2D eigenvalue weighted by Crippen LogP contribution is 2.51. The van der Waals surface area contributed by atoms with Crippen molar-refractivity contribution < 1.29 is 22.7 Å². The predicted octanol–water partition coefficient (Wildman–Crippen LogP) is 5.11. The van der Waals surface area contributed by atoms with Crippen LogP contribution in [0.5, 0.6) is 0 Å². The van der Waals surface area contributed by atoms with Crippen molar-refractivity contribution in [3.8, 4) is 0 Å². The van der Waals surface area contributed by atoms with E-state index in [1.54, 1.807) is 24.3 Å². The Labute approximate surface area is 263 Å². The summed E-state index contributed by atoms with van der Waals surface area (Å²) >= 11 is -1.96. The molecule has 4 fully saturated rings. The second-order valence-corrected chi connectivity index (χ2v) is 14.9. The van der Waals surface area contributed by atoms with Crippen molar-refractivity contribution in [3.05, 3.63) is 59.9 Å². The number of ether oxygens (including phenoxy) is 1. The minimum absolute atomic E-state index is 0.0105. The maximum atomic E-state index is 14.9. The van der Waals surface area contributed by atoms with Gasteiger partial charge >= 0.3 is 6.09 Å². The number of alkyl carbamates (subject to hydrolysis) is 1. The van der Waals surface area contributed by atoms with Gasteiger partial charge in [0.05, 0.1) is 12.0 Å². The fourth-order valence-electron chi connectivity index (χ4n) is 8.81. The van der Waals surface area contributed by atoms with Crippen LogP contribution in [-0.2, 0) is 21.2 Å². The Morgan fingerprint density at radius 1 is 1.05 bits per heavy atom. The Morgan fingerprint density at radius 2 is 1.77 bits per heavy atom. The molecule has 10 heteroatoms. The van der Waals surface area contributed by atoms with Crippen LogP contribution in [0.25, 0.3) is 0 Å². The summed E-state index contributed by atoms with van der Waals surface area (Å²) in [4.78, 5) is 20.3. The topological polar surface area (TPSA) is 85.4 Å². The lowest BCUT2D eigenvalue weighted by atomic mass is 9.57. The summed E-state index contributed by atoms with van der Waals surface area (Å²) in [7, 11) is 1.42. The molecule has 2 aromatic carbocycles. The number of benzene rings is 2. The van der Waals surface area contributed by atoms with Crippen LogP contribution >= 0.6 is 0 Å². The third-order valence-electron chi connectivity index (χ3n) is 10.9. The number of rotatable bonds is 10. The number of anilines is 1. The Kier molecular flexibility index (Phi) is 9.34. The van der Waals surface area contributed by atoms with Crippen molar-refractivity contribution in [1.29, 1.82) is 0 Å². The second kappa shape index (κ2) is 13.1. The lowest BCUT2D eigenvalue weighted by molar-refractivity contribution is 0.0159. The number of hydrogen-bond donors (Lipinski definition) is 2. The molecule has 0 bridgehead atoms. The third kappa shape index (κ3) is 6.41. The number of methoxy groups -OCH3 is 1. The number of piperidine rings is 1. The van der Waals surface area contributed by atoms with Crippen LogP contribution < -0.4 is 10.2 Å². The smallest absolute Gasteiger partial charge is 0.407 e. The lowest BCUT2D eigenvalue weighted by Gasteiger charge is -2.55. The Morgan fingerprint density at radius 3 is 2.39 bits per heavy atom. The van der Waals surface area contributed by atoms with Crippen LogP contribution in [0.1, 0.15) is 51.0 Å². The normalized spacial score (nSPS) is 26.3. The molecule has 44 heavy (non-hydrogen) atoms. The fraction of sp³-hybridized carbons (Fsp3) is 0.618. The SMILES string of the molecule is COC(=O)N[C@H]1CCC[C@@H]1[C@](CN1CCC1)(c1cccc(F)c1)C1CCN(CC2(C)CN(c3ccc(S(=O)O)cc3)C2)CC1. The summed E-state index contributed by atoms with van der Waals surface area (Å²) in [6, 6.07) is 14.7. The summed E-state index contributed by atoms with van der Waals surface area (Å²) in [5, 5.41) is 3.18. The van der Waals surface area contributed by atoms with Gasteiger partial charge in [-0.15, -0.1) is 0 Å². The molecule has 3 aliphatic heterocycles. The van der Waals surface area contributed by atoms with Gasteiger partial charge < -0.3 is 29.3 Å². The molecule has 0 radical (unpaired) electrons. The van der Waals surface area contributed by atoms with Crippen LogP contribution in [0, 0.1) is 23.1 Å². The molecule has 3 saturated heterocycles. The molecule has 8 nitrogen and oxygen atoms in total. The molecule has 1 unspecified atom stereocenters. The molecule has 240 valence electrons. The molecule has 6 rings (SSSR count). The largest absolute Gasteiger partial charge is 0.453 e. The molecule has 2 N–H and O–H groups in total. The summed E-state index contributed by atoms with van der Waals surface area (Å²) in [5.74, 6) is 0.408. The van der Waals surface area contributed by atoms with Crippen molar-refractivity contribution >= 4 is 22.9 Å². The molecule has 0 aromatic heterocycles. The molecule has 4 atom stereocenters. The highest BCUT2D eigenvalue weighted by atomic mass is 32.2. The van der Waals surface area contributed by atoms with E-state index in [-0.39, 0.29) is 34.7 Å². The first kappa shape index (κ1) is 31.5. The summed E-state index contributed by atoms with van der Waals surface area (Å²) in [6.45, 7) is 10.4. The van der Waals surface area contributed by atoms with Crippen LogP contribution in [0.2, 0.25) is 0 Å². The molecule has 4 aliphatic rings. The predicted molar refractivity (Wildman–Crippen MR) is 171 cm³/mol. The average molecular weight is 627 g/mol. The number of hydrogen-bond acceptors (Lipinski definition) is 6. The monoisotopic (exact) mass is 626 g/mol. The Hall–Kier alpha value is -2.53. The van der Waals surface area contributed by atoms with Gasteiger partial charge in [-0.3, -0.25) is 0 Å². The first-order chi connectivity index (χ1) is 21.2. The van der Waals surface area contributed by atoms with Crippen molar-refractivity contribution in [2.24, 2.45) is 17.3 Å². The van der Waals surface area contributed by atoms with E-state index in [4.69, 9.17) is 4.74 Å². The van der Waals surface area contributed by atoms with Crippen molar-refractivity contribution in [2.45, 2.75) is 61.8 Å². The van der Waals surface area contributed by atoms with E-state index in [2.05, 4.69) is 33.0 Å². The number of halogens is 1. The average Bonchev–Trinajstić information content (AvgIpc) is 3.44. The zero-order chi connectivity index (χ0) is 30.9. The van der Waals surface area contributed by atoms with Gasteiger partial charge in [0, 0.05) is 48.7 Å². The van der Waals surface area contributed by atoms with E-state index < -0.39 is 11.1 Å². The zero-order valence-electron chi connectivity index (χ0n) is 26.1. The quantitative estimate of drug-likeness (QED) is 0.355. The summed E-state index contributed by atoms with van der Waals surface area (Å²) in [6.07, 6.45) is 5.90. The zero-order valence-corrected chi connectivity index (χ0v) is 26.9. The first-order valence-corrected chi connectivity index (χ1v) is 17.3. The second-order valence-electron chi connectivity index (χ2n) is 13.9. The Bertz CT molecular complexity index is 1330. The highest BCUT2D eigenvalue weighted by molar-refractivity contribution is 7.79. The maximum Gasteiger partial charge on any atom is 0.407 e. The van der Waals surface area contributed by atoms with Gasteiger partial charge in [0.1, 0.15) is 5.82 Å². The summed E-state index contributed by atoms with van der Waals surface area (Å²) in [5.41, 5.74) is 2.11. The van der Waals surface area contributed by atoms with Crippen LogP contribution in [0.3, 0.4) is 0 Å². The first-order valence-electron chi connectivity index (χ1n) is 16.2. The van der Waals surface area contributed by atoms with Gasteiger partial charge in [-0.2, -0.15) is 0 Å². The lowest BCUT2D eigenvalue weighted by Crippen LogP contribution is -2.62. The molecule has 1 saturated carbocycles. The van der Waals surface area contributed by atoms with E-state index in [0.29, 0.717) is 10.8 Å². The minimum Gasteiger partial charge on any atom is -0.453 e. The van der Waals surface area contributed by atoms with E-state index >= 15 is 0 Å². The number of nitrogens with zero attached hydrogens (tertiary/aromatic N) is 3. The van der Waals surface area contributed by atoms with Gasteiger partial charge in [-0.25, -0.2) is 13.4 Å². The Balaban J connectivity index is 1.18. The van der Waals surface area contributed by atoms with Gasteiger partial charge in [-0.05, 0) is 112 Å². The van der Waals surface area contributed by atoms with Crippen LogP contribution in [0.15, 0.2) is 53.4 Å². The molecular weight excluding hydrogens is 579 g/mol. The van der Waals surface area contributed by atoms with Crippen LogP contribution in [-0.4, -0.2) is 90.2 Å². The molecular formula is C34H47FN4O4S. The van der Waals surface area contributed by atoms with Gasteiger partial charge in [0.25, 0.3) is 0 Å². The number of nitrogens with one attached hydrogen (secondary N) is 1. The number of carbonyl (C=O) groups excluding carboxylic acids is 1. The fourth-order valence-corrected chi connectivity index (χ4v) is 9.18. The maximum absolute atomic E-state index is 14.9. The third-order valence-corrected chi connectivity index (χ3v) is 11.6. The standard InChI is InChI=1S/C34H47FN4O4S/c1-33(22-39(23-33)28-10-12-29(13-11-28)44(41)42)21-38-18-14-25(15-19-38)34(24-37-16-5-17-37,26-6-3-7-27(35)20-26)30-8-4-9-31(30)36-32(40)43-2/h3,6-7,10-13,20,25,30-31H,4-5,8-9,14-19,21-24H2,1-2H3,(H,36,40)(H,41,42)/t30-,31-,34-/m0/s1. The number of carbonyl (C=O) groups is 1. The van der Waals surface area contributed by atoms with Crippen LogP contribution in [0.4, 0.5) is 14.9 Å². The van der Waals surface area contributed by atoms with Crippen molar-refractivity contribution in [1.82, 2.24) is 15.1 Å². The van der Waals surface area contributed by atoms with E-state index in [1.807, 2.05) is 18.2 Å². The van der Waals surface area contributed by atoms with Crippen molar-refractivity contribution in [2.75, 3.05) is 64.4 Å². The van der Waals surface area contributed by atoms with E-state index in [9.17, 15) is 17.9 Å².